The lowest BCUT2D eigenvalue weighted by molar-refractivity contribution is 0.148. The summed E-state index contributed by atoms with van der Waals surface area (Å²) >= 11 is 0. The quantitative estimate of drug-likeness (QED) is 0.868. The van der Waals surface area contributed by atoms with Crippen molar-refractivity contribution in [3.8, 4) is 0 Å². The minimum atomic E-state index is -3.34. The van der Waals surface area contributed by atoms with Gasteiger partial charge in [-0.1, -0.05) is 6.07 Å². The van der Waals surface area contributed by atoms with Gasteiger partial charge in [0, 0.05) is 39.6 Å². The number of halogens is 1. The molecule has 22 heavy (non-hydrogen) atoms. The molecule has 5 nitrogen and oxygen atoms in total. The van der Waals surface area contributed by atoms with Gasteiger partial charge in [0.25, 0.3) is 0 Å². The first-order valence-electron chi connectivity index (χ1n) is 7.24. The standard InChI is InChI=1S/C15H23FN2O3S/c1-11-4-12(6-14(16)5-11)7-18-8-13(15(19)9-18)10-22(20,21)17(2)3/h4-6,13,15,19H,7-10H2,1-3H3/t13-,15+/m0/s1. The fraction of sp³-hybridized carbons (Fsp3) is 0.600. The normalized spacial score (nSPS) is 23.4. The molecule has 1 N–H and O–H groups in total. The smallest absolute Gasteiger partial charge is 0.214 e. The first-order valence-corrected chi connectivity index (χ1v) is 8.85. The van der Waals surface area contributed by atoms with Gasteiger partial charge in [0.2, 0.25) is 10.0 Å². The van der Waals surface area contributed by atoms with Gasteiger partial charge in [-0.15, -0.1) is 0 Å². The van der Waals surface area contributed by atoms with E-state index in [-0.39, 0.29) is 17.5 Å². The average molecular weight is 330 g/mol. The Morgan fingerprint density at radius 3 is 2.59 bits per heavy atom. The third-order valence-corrected chi connectivity index (χ3v) is 5.93. The number of hydrogen-bond donors (Lipinski definition) is 1. The molecule has 2 atom stereocenters. The van der Waals surface area contributed by atoms with Crippen LogP contribution in [0.4, 0.5) is 4.39 Å². The Morgan fingerprint density at radius 2 is 2.00 bits per heavy atom. The summed E-state index contributed by atoms with van der Waals surface area (Å²) in [6.45, 7) is 3.24. The van der Waals surface area contributed by atoms with Gasteiger partial charge in [0.15, 0.2) is 0 Å². The molecule has 1 aliphatic heterocycles. The van der Waals surface area contributed by atoms with Crippen LogP contribution in [0.2, 0.25) is 0 Å². The van der Waals surface area contributed by atoms with E-state index in [0.29, 0.717) is 19.6 Å². The molecule has 0 aromatic heterocycles. The van der Waals surface area contributed by atoms with E-state index in [1.807, 2.05) is 17.9 Å². The summed E-state index contributed by atoms with van der Waals surface area (Å²) in [4.78, 5) is 1.97. The Labute approximate surface area is 131 Å². The topological polar surface area (TPSA) is 60.9 Å². The molecule has 2 rings (SSSR count). The predicted octanol–water partition coefficient (Wildman–Crippen LogP) is 0.818. The van der Waals surface area contributed by atoms with Crippen molar-refractivity contribution in [3.05, 3.63) is 35.1 Å². The number of rotatable bonds is 5. The summed E-state index contributed by atoms with van der Waals surface area (Å²) in [5.41, 5.74) is 1.68. The summed E-state index contributed by atoms with van der Waals surface area (Å²) in [5, 5.41) is 10.1. The molecule has 0 unspecified atom stereocenters. The molecule has 0 spiro atoms. The van der Waals surface area contributed by atoms with Crippen molar-refractivity contribution in [2.45, 2.75) is 19.6 Å². The maximum atomic E-state index is 13.4. The molecule has 1 fully saturated rings. The molecule has 0 saturated carbocycles. The third kappa shape index (κ3) is 4.25. The zero-order valence-electron chi connectivity index (χ0n) is 13.2. The maximum absolute atomic E-state index is 13.4. The van der Waals surface area contributed by atoms with Gasteiger partial charge < -0.3 is 5.11 Å². The Bertz CT molecular complexity index is 613. The Hall–Kier alpha value is -1.02. The van der Waals surface area contributed by atoms with Gasteiger partial charge in [0.05, 0.1) is 11.9 Å². The van der Waals surface area contributed by atoms with Crippen LogP contribution < -0.4 is 0 Å². The molecule has 7 heteroatoms. The molecular formula is C15H23FN2O3S. The number of aliphatic hydroxyl groups excluding tert-OH is 1. The average Bonchev–Trinajstić information content (AvgIpc) is 2.67. The summed E-state index contributed by atoms with van der Waals surface area (Å²) in [5.74, 6) is -0.664. The van der Waals surface area contributed by atoms with E-state index in [1.54, 1.807) is 0 Å². The van der Waals surface area contributed by atoms with Crippen molar-refractivity contribution in [2.24, 2.45) is 5.92 Å². The lowest BCUT2D eigenvalue weighted by atomic mass is 10.1. The Balaban J connectivity index is 2.01. The van der Waals surface area contributed by atoms with Crippen LogP contribution in [0.3, 0.4) is 0 Å². The Morgan fingerprint density at radius 1 is 1.32 bits per heavy atom. The number of nitrogens with zero attached hydrogens (tertiary/aromatic N) is 2. The second-order valence-electron chi connectivity index (χ2n) is 6.22. The number of likely N-dealkylation sites (tertiary alicyclic amines) is 1. The largest absolute Gasteiger partial charge is 0.391 e. The van der Waals surface area contributed by atoms with E-state index in [2.05, 4.69) is 0 Å². The number of aryl methyl sites for hydroxylation is 1. The van der Waals surface area contributed by atoms with Crippen LogP contribution in [-0.2, 0) is 16.6 Å². The number of sulfonamides is 1. The second kappa shape index (κ2) is 6.62. The highest BCUT2D eigenvalue weighted by atomic mass is 32.2. The first kappa shape index (κ1) is 17.3. The fourth-order valence-electron chi connectivity index (χ4n) is 2.82. The first-order chi connectivity index (χ1) is 10.2. The summed E-state index contributed by atoms with van der Waals surface area (Å²) < 4.78 is 38.5. The number of β-amino-alcohol motifs (C(OH)–C–C–N with tert-alkyl or cyclic N) is 1. The predicted molar refractivity (Wildman–Crippen MR) is 83.4 cm³/mol. The van der Waals surface area contributed by atoms with Crippen LogP contribution in [0, 0.1) is 18.7 Å². The highest BCUT2D eigenvalue weighted by Gasteiger charge is 2.35. The molecule has 1 aromatic rings. The van der Waals surface area contributed by atoms with Crippen molar-refractivity contribution in [3.63, 3.8) is 0 Å². The molecule has 0 bridgehead atoms. The van der Waals surface area contributed by atoms with Crippen LogP contribution in [0.1, 0.15) is 11.1 Å². The molecule has 0 aliphatic carbocycles. The summed E-state index contributed by atoms with van der Waals surface area (Å²) in [6.07, 6.45) is -0.676. The van der Waals surface area contributed by atoms with Gasteiger partial charge in [0.1, 0.15) is 5.82 Å². The maximum Gasteiger partial charge on any atom is 0.214 e. The third-order valence-electron chi connectivity index (χ3n) is 3.97. The molecule has 1 heterocycles. The van der Waals surface area contributed by atoms with Gasteiger partial charge >= 0.3 is 0 Å². The van der Waals surface area contributed by atoms with Crippen LogP contribution in [0.25, 0.3) is 0 Å². The van der Waals surface area contributed by atoms with Gasteiger partial charge in [-0.2, -0.15) is 0 Å². The van der Waals surface area contributed by atoms with E-state index in [4.69, 9.17) is 0 Å². The van der Waals surface area contributed by atoms with Crippen molar-refractivity contribution < 1.29 is 17.9 Å². The van der Waals surface area contributed by atoms with Gasteiger partial charge in [-0.25, -0.2) is 17.1 Å². The Kier molecular flexibility index (Phi) is 5.21. The van der Waals surface area contributed by atoms with E-state index in [9.17, 15) is 17.9 Å². The SMILES string of the molecule is Cc1cc(F)cc(CN2C[C@@H](CS(=O)(=O)N(C)C)[C@H](O)C2)c1. The summed E-state index contributed by atoms with van der Waals surface area (Å²) in [6, 6.07) is 4.84. The minimum absolute atomic E-state index is 0.0696. The molecular weight excluding hydrogens is 307 g/mol. The highest BCUT2D eigenvalue weighted by Crippen LogP contribution is 2.22. The lowest BCUT2D eigenvalue weighted by Crippen LogP contribution is -2.33. The number of aliphatic hydroxyl groups is 1. The second-order valence-corrected chi connectivity index (χ2v) is 8.45. The van der Waals surface area contributed by atoms with Crippen molar-refractivity contribution >= 4 is 10.0 Å². The van der Waals surface area contributed by atoms with Crippen LogP contribution in [-0.4, -0.2) is 61.8 Å². The monoisotopic (exact) mass is 330 g/mol. The zero-order valence-corrected chi connectivity index (χ0v) is 14.0. The molecule has 1 aliphatic rings. The van der Waals surface area contributed by atoms with Gasteiger partial charge in [-0.05, 0) is 30.2 Å². The van der Waals surface area contributed by atoms with Crippen LogP contribution >= 0.6 is 0 Å². The van der Waals surface area contributed by atoms with E-state index >= 15 is 0 Å². The van der Waals surface area contributed by atoms with E-state index < -0.39 is 16.1 Å². The number of benzene rings is 1. The van der Waals surface area contributed by atoms with Crippen LogP contribution in [0.15, 0.2) is 18.2 Å². The van der Waals surface area contributed by atoms with Crippen molar-refractivity contribution in [2.75, 3.05) is 32.9 Å². The zero-order chi connectivity index (χ0) is 16.5. The molecule has 124 valence electrons. The minimum Gasteiger partial charge on any atom is -0.391 e. The van der Waals surface area contributed by atoms with Gasteiger partial charge in [-0.3, -0.25) is 4.90 Å². The van der Waals surface area contributed by atoms with Crippen molar-refractivity contribution in [1.29, 1.82) is 0 Å². The summed E-state index contributed by atoms with van der Waals surface area (Å²) in [7, 11) is -0.358. The number of hydrogen-bond acceptors (Lipinski definition) is 4. The van der Waals surface area contributed by atoms with E-state index in [1.165, 1.54) is 30.5 Å². The molecule has 0 radical (unpaired) electrons. The van der Waals surface area contributed by atoms with E-state index in [0.717, 1.165) is 11.1 Å². The van der Waals surface area contributed by atoms with Crippen molar-refractivity contribution in [1.82, 2.24) is 9.21 Å². The van der Waals surface area contributed by atoms with Crippen LogP contribution in [0.5, 0.6) is 0 Å². The highest BCUT2D eigenvalue weighted by molar-refractivity contribution is 7.89. The molecule has 1 saturated heterocycles. The molecule has 0 amide bonds. The lowest BCUT2D eigenvalue weighted by Gasteiger charge is -2.18. The molecule has 1 aromatic carbocycles. The fourth-order valence-corrected chi connectivity index (χ4v) is 3.98.